The molecule has 0 aliphatic carbocycles. The van der Waals surface area contributed by atoms with Crippen LogP contribution in [0.25, 0.3) is 0 Å². The van der Waals surface area contributed by atoms with Gasteiger partial charge in [0, 0.05) is 30.9 Å². The molecule has 0 bridgehead atoms. The summed E-state index contributed by atoms with van der Waals surface area (Å²) < 4.78 is 32.1. The highest BCUT2D eigenvalue weighted by molar-refractivity contribution is 7.92. The molecule has 3 aromatic rings. The lowest BCUT2D eigenvalue weighted by atomic mass is 9.99. The maximum Gasteiger partial charge on any atom is 0.229 e. The summed E-state index contributed by atoms with van der Waals surface area (Å²) in [5, 5.41) is 6.09. The Kier molecular flexibility index (Phi) is 9.99. The van der Waals surface area contributed by atoms with Gasteiger partial charge in [-0.15, -0.1) is 0 Å². The van der Waals surface area contributed by atoms with Crippen LogP contribution in [-0.2, 0) is 9.84 Å². The van der Waals surface area contributed by atoms with Crippen molar-refractivity contribution >= 4 is 50.3 Å². The minimum Gasteiger partial charge on any atom is -0.489 e. The van der Waals surface area contributed by atoms with E-state index < -0.39 is 15.1 Å². The molecular formula is C32H43ClN6O3S. The summed E-state index contributed by atoms with van der Waals surface area (Å²) in [5.41, 5.74) is 2.28. The van der Waals surface area contributed by atoms with Gasteiger partial charge in [0.1, 0.15) is 10.8 Å². The Balaban J connectivity index is 1.34. The van der Waals surface area contributed by atoms with E-state index >= 15 is 0 Å². The largest absolute Gasteiger partial charge is 0.489 e. The predicted molar refractivity (Wildman–Crippen MR) is 175 cm³/mol. The Morgan fingerprint density at radius 3 is 2.35 bits per heavy atom. The van der Waals surface area contributed by atoms with Crippen LogP contribution in [0, 0.1) is 0 Å². The molecule has 9 nitrogen and oxygen atoms in total. The third-order valence-corrected chi connectivity index (χ3v) is 10.6. The molecule has 2 aliphatic heterocycles. The fourth-order valence-corrected chi connectivity index (χ4v) is 7.11. The molecule has 0 spiro atoms. The van der Waals surface area contributed by atoms with Gasteiger partial charge in [0.25, 0.3) is 0 Å². The van der Waals surface area contributed by atoms with Gasteiger partial charge in [0.15, 0.2) is 15.7 Å². The second kappa shape index (κ2) is 13.7. The number of aromatic nitrogens is 2. The van der Waals surface area contributed by atoms with Crippen LogP contribution in [0.2, 0.25) is 5.02 Å². The molecule has 11 heteroatoms. The lowest BCUT2D eigenvalue weighted by Gasteiger charge is -2.41. The monoisotopic (exact) mass is 626 g/mol. The van der Waals surface area contributed by atoms with Gasteiger partial charge < -0.3 is 25.2 Å². The van der Waals surface area contributed by atoms with Gasteiger partial charge in [-0.2, -0.15) is 4.98 Å². The highest BCUT2D eigenvalue weighted by atomic mass is 35.5. The fourth-order valence-electron chi connectivity index (χ4n) is 5.77. The van der Waals surface area contributed by atoms with Crippen LogP contribution in [-0.4, -0.2) is 66.9 Å². The standard InChI is InChI=1S/C32H43ClN6O3S/c1-22(2)42-29-20-25(39-18-14-24(15-19-39)38-16-8-5-9-17-38)12-13-27(29)36-32-34-21-26(33)31(37-32)35-28-10-6-7-11-30(28)43(40,41)23(3)4/h6-7,10-13,20-24H,5,8-9,14-19H2,1-4H3,(H2,34,35,36,37). The summed E-state index contributed by atoms with van der Waals surface area (Å²) in [7, 11) is -3.53. The SMILES string of the molecule is CC(C)Oc1cc(N2CCC(N3CCCCC3)CC2)ccc1Nc1ncc(Cl)c(Nc2ccccc2S(=O)(=O)C(C)C)n1. The van der Waals surface area contributed by atoms with Crippen molar-refractivity contribution in [2.75, 3.05) is 41.7 Å². The molecule has 2 fully saturated rings. The summed E-state index contributed by atoms with van der Waals surface area (Å²) in [4.78, 5) is 14.3. The summed E-state index contributed by atoms with van der Waals surface area (Å²) in [6.45, 7) is 11.9. The topological polar surface area (TPSA) is 99.7 Å². The zero-order chi connectivity index (χ0) is 30.6. The molecule has 2 aromatic carbocycles. The number of nitrogens with zero attached hydrogens (tertiary/aromatic N) is 4. The zero-order valence-corrected chi connectivity index (χ0v) is 27.1. The second-order valence-corrected chi connectivity index (χ2v) is 14.8. The molecule has 3 heterocycles. The van der Waals surface area contributed by atoms with Gasteiger partial charge in [0.05, 0.1) is 33.8 Å². The van der Waals surface area contributed by atoms with Crippen LogP contribution in [0.1, 0.15) is 59.8 Å². The number of para-hydroxylation sites is 1. The number of likely N-dealkylation sites (tertiary alicyclic amines) is 1. The summed E-state index contributed by atoms with van der Waals surface area (Å²) >= 11 is 6.45. The van der Waals surface area contributed by atoms with Gasteiger partial charge in [-0.3, -0.25) is 0 Å². The first-order valence-corrected chi connectivity index (χ1v) is 17.2. The molecule has 2 N–H and O–H groups in total. The minimum absolute atomic E-state index is 0.0246. The van der Waals surface area contributed by atoms with E-state index in [1.165, 1.54) is 51.4 Å². The fraction of sp³-hybridized carbons (Fsp3) is 0.500. The van der Waals surface area contributed by atoms with Crippen molar-refractivity contribution < 1.29 is 13.2 Å². The van der Waals surface area contributed by atoms with Gasteiger partial charge in [-0.05, 0) is 90.7 Å². The third kappa shape index (κ3) is 7.53. The first kappa shape index (κ1) is 31.3. The van der Waals surface area contributed by atoms with E-state index in [0.29, 0.717) is 29.2 Å². The highest BCUT2D eigenvalue weighted by Gasteiger charge is 2.27. The molecule has 0 atom stereocenters. The average molecular weight is 627 g/mol. The summed E-state index contributed by atoms with van der Waals surface area (Å²) in [5.74, 6) is 1.32. The molecule has 0 radical (unpaired) electrons. The van der Waals surface area contributed by atoms with Crippen LogP contribution >= 0.6 is 11.6 Å². The van der Waals surface area contributed by atoms with E-state index in [9.17, 15) is 8.42 Å². The highest BCUT2D eigenvalue weighted by Crippen LogP contribution is 2.35. The quantitative estimate of drug-likeness (QED) is 0.245. The van der Waals surface area contributed by atoms with Crippen molar-refractivity contribution in [3.8, 4) is 5.75 Å². The van der Waals surface area contributed by atoms with Crippen LogP contribution in [0.5, 0.6) is 5.75 Å². The number of benzene rings is 2. The number of hydrogen-bond donors (Lipinski definition) is 2. The molecule has 0 unspecified atom stereocenters. The van der Waals surface area contributed by atoms with Crippen molar-refractivity contribution in [3.63, 3.8) is 0 Å². The Morgan fingerprint density at radius 2 is 1.65 bits per heavy atom. The number of halogens is 1. The van der Waals surface area contributed by atoms with Crippen LogP contribution < -0.4 is 20.3 Å². The maximum absolute atomic E-state index is 13.0. The lowest BCUT2D eigenvalue weighted by molar-refractivity contribution is 0.141. The van der Waals surface area contributed by atoms with Crippen molar-refractivity contribution in [1.29, 1.82) is 0 Å². The molecule has 2 saturated heterocycles. The molecule has 0 saturated carbocycles. The number of piperidine rings is 2. The first-order chi connectivity index (χ1) is 20.6. The van der Waals surface area contributed by atoms with E-state index in [-0.39, 0.29) is 16.0 Å². The number of anilines is 5. The van der Waals surface area contributed by atoms with E-state index in [4.69, 9.17) is 16.3 Å². The number of hydrogen-bond acceptors (Lipinski definition) is 9. The predicted octanol–water partition coefficient (Wildman–Crippen LogP) is 7.04. The summed E-state index contributed by atoms with van der Waals surface area (Å²) in [6, 6.07) is 13.6. The number of nitrogens with one attached hydrogen (secondary N) is 2. The van der Waals surface area contributed by atoms with E-state index in [1.807, 2.05) is 19.9 Å². The van der Waals surface area contributed by atoms with Crippen molar-refractivity contribution in [1.82, 2.24) is 14.9 Å². The molecule has 43 heavy (non-hydrogen) atoms. The summed E-state index contributed by atoms with van der Waals surface area (Å²) in [6.07, 6.45) is 7.84. The maximum atomic E-state index is 13.0. The molecule has 2 aliphatic rings. The Bertz CT molecular complexity index is 1500. The van der Waals surface area contributed by atoms with E-state index in [2.05, 4.69) is 42.5 Å². The molecule has 0 amide bonds. The van der Waals surface area contributed by atoms with Crippen molar-refractivity contribution in [2.24, 2.45) is 0 Å². The van der Waals surface area contributed by atoms with Gasteiger partial charge in [0.2, 0.25) is 5.95 Å². The smallest absolute Gasteiger partial charge is 0.229 e. The molecular weight excluding hydrogens is 584 g/mol. The normalized spacial score (nSPS) is 17.0. The van der Waals surface area contributed by atoms with Crippen LogP contribution in [0.3, 0.4) is 0 Å². The minimum atomic E-state index is -3.53. The van der Waals surface area contributed by atoms with Gasteiger partial charge in [-0.1, -0.05) is 30.2 Å². The molecule has 232 valence electrons. The van der Waals surface area contributed by atoms with Crippen molar-refractivity contribution in [3.05, 3.63) is 53.7 Å². The number of rotatable bonds is 10. The molecule has 1 aromatic heterocycles. The Hall–Kier alpha value is -3.08. The second-order valence-electron chi connectivity index (χ2n) is 11.9. The zero-order valence-electron chi connectivity index (χ0n) is 25.5. The third-order valence-electron chi connectivity index (χ3n) is 8.12. The van der Waals surface area contributed by atoms with Crippen LogP contribution in [0.15, 0.2) is 53.6 Å². The van der Waals surface area contributed by atoms with Crippen molar-refractivity contribution in [2.45, 2.75) is 82.1 Å². The van der Waals surface area contributed by atoms with Gasteiger partial charge in [-0.25, -0.2) is 13.4 Å². The van der Waals surface area contributed by atoms with Gasteiger partial charge >= 0.3 is 0 Å². The number of sulfone groups is 1. The Morgan fingerprint density at radius 1 is 0.930 bits per heavy atom. The first-order valence-electron chi connectivity index (χ1n) is 15.3. The number of ether oxygens (including phenoxy) is 1. The Labute approximate surface area is 260 Å². The van der Waals surface area contributed by atoms with E-state index in [1.54, 1.807) is 38.1 Å². The van der Waals surface area contributed by atoms with Crippen LogP contribution in [0.4, 0.5) is 28.8 Å². The van der Waals surface area contributed by atoms with E-state index in [0.717, 1.165) is 24.5 Å². The molecule has 5 rings (SSSR count). The average Bonchev–Trinajstić information content (AvgIpc) is 3.00. The lowest BCUT2D eigenvalue weighted by Crippen LogP contribution is -2.46.